The Kier molecular flexibility index (Phi) is 3.42. The molecule has 0 aromatic heterocycles. The number of sulfonamides is 1. The van der Waals surface area contributed by atoms with Crippen LogP contribution < -0.4 is 5.32 Å². The number of rotatable bonds is 2. The van der Waals surface area contributed by atoms with Crippen molar-refractivity contribution in [2.75, 3.05) is 25.4 Å². The fraction of sp³-hybridized carbons (Fsp3) is 0.714. The zero-order chi connectivity index (χ0) is 10.6. The van der Waals surface area contributed by atoms with Gasteiger partial charge in [-0.1, -0.05) is 0 Å². The van der Waals surface area contributed by atoms with Crippen molar-refractivity contribution in [3.63, 3.8) is 0 Å². The Bertz CT molecular complexity index is 377. The molecule has 0 saturated carbocycles. The van der Waals surface area contributed by atoms with Crippen LogP contribution in [0.15, 0.2) is 0 Å². The maximum absolute atomic E-state index is 11.5. The fourth-order valence-electron chi connectivity index (χ4n) is 1.29. The van der Waals surface area contributed by atoms with Crippen molar-refractivity contribution in [2.24, 2.45) is 0 Å². The summed E-state index contributed by atoms with van der Waals surface area (Å²) in [6.07, 6.45) is 0. The minimum Gasteiger partial charge on any atom is -0.313 e. The second-order valence-corrected chi connectivity index (χ2v) is 4.80. The molecule has 6 nitrogen and oxygen atoms in total. The van der Waals surface area contributed by atoms with E-state index in [1.165, 1.54) is 0 Å². The average molecular weight is 214 g/mol. The van der Waals surface area contributed by atoms with Gasteiger partial charge in [-0.2, -0.15) is 14.8 Å². The van der Waals surface area contributed by atoms with Crippen molar-refractivity contribution in [3.8, 4) is 12.1 Å². The van der Waals surface area contributed by atoms with Gasteiger partial charge in [-0.15, -0.1) is 0 Å². The summed E-state index contributed by atoms with van der Waals surface area (Å²) in [5, 5.41) is 20.0. The summed E-state index contributed by atoms with van der Waals surface area (Å²) in [6, 6.07) is 2.79. The highest BCUT2D eigenvalue weighted by molar-refractivity contribution is 7.89. The van der Waals surface area contributed by atoms with Gasteiger partial charge in [0, 0.05) is 19.6 Å². The summed E-state index contributed by atoms with van der Waals surface area (Å²) in [5.74, 6) is -0.564. The highest BCUT2D eigenvalue weighted by Gasteiger charge is 2.31. The normalized spacial score (nSPS) is 23.7. The number of nitrogens with zero attached hydrogens (tertiary/aromatic N) is 3. The van der Waals surface area contributed by atoms with Gasteiger partial charge in [0.05, 0.1) is 12.1 Å². The average Bonchev–Trinajstić information content (AvgIpc) is 2.18. The van der Waals surface area contributed by atoms with Gasteiger partial charge in [-0.25, -0.2) is 8.42 Å². The molecule has 1 heterocycles. The zero-order valence-electron chi connectivity index (χ0n) is 7.47. The highest BCUT2D eigenvalue weighted by Crippen LogP contribution is 2.09. The van der Waals surface area contributed by atoms with Crippen LogP contribution >= 0.6 is 0 Å². The minimum absolute atomic E-state index is 0.252. The van der Waals surface area contributed by atoms with E-state index in [9.17, 15) is 8.42 Å². The number of nitriles is 2. The van der Waals surface area contributed by atoms with Crippen molar-refractivity contribution in [1.82, 2.24) is 9.62 Å². The Morgan fingerprint density at radius 2 is 2.21 bits per heavy atom. The summed E-state index contributed by atoms with van der Waals surface area (Å²) in [7, 11) is -3.58. The van der Waals surface area contributed by atoms with Gasteiger partial charge in [-0.05, 0) is 0 Å². The number of hydrogen-bond donors (Lipinski definition) is 1. The summed E-state index contributed by atoms with van der Waals surface area (Å²) in [6.45, 7) is 1.09. The van der Waals surface area contributed by atoms with Gasteiger partial charge >= 0.3 is 0 Å². The topological polar surface area (TPSA) is 97.0 Å². The van der Waals surface area contributed by atoms with Gasteiger partial charge in [0.2, 0.25) is 10.0 Å². The van der Waals surface area contributed by atoms with Gasteiger partial charge in [0.1, 0.15) is 6.04 Å². The standard InChI is InChI=1S/C7H10N4O2S/c8-1-4-14(12,13)11-3-2-10-6-7(11)5-9/h7,10H,2-4,6H2. The smallest absolute Gasteiger partial charge is 0.228 e. The molecule has 0 radical (unpaired) electrons. The Hall–Kier alpha value is -1.15. The number of nitrogens with one attached hydrogen (secondary N) is 1. The third-order valence-corrected chi connectivity index (χ3v) is 3.59. The highest BCUT2D eigenvalue weighted by atomic mass is 32.2. The molecule has 0 aromatic rings. The van der Waals surface area contributed by atoms with Crippen molar-refractivity contribution in [1.29, 1.82) is 10.5 Å². The molecule has 0 aliphatic carbocycles. The maximum Gasteiger partial charge on any atom is 0.228 e. The van der Waals surface area contributed by atoms with E-state index in [1.807, 2.05) is 6.07 Å². The van der Waals surface area contributed by atoms with E-state index in [1.54, 1.807) is 6.07 Å². The number of piperazine rings is 1. The van der Waals surface area contributed by atoms with Crippen molar-refractivity contribution in [2.45, 2.75) is 6.04 Å². The lowest BCUT2D eigenvalue weighted by Gasteiger charge is -2.29. The molecular formula is C7H10N4O2S. The second kappa shape index (κ2) is 4.38. The summed E-state index contributed by atoms with van der Waals surface area (Å²) < 4.78 is 24.0. The SMILES string of the molecule is N#CCS(=O)(=O)N1CCNCC1C#N. The Balaban J connectivity index is 2.85. The predicted octanol–water partition coefficient (Wildman–Crippen LogP) is -1.36. The molecule has 7 heteroatoms. The molecule has 0 spiro atoms. The quantitative estimate of drug-likeness (QED) is 0.612. The first-order valence-electron chi connectivity index (χ1n) is 4.08. The monoisotopic (exact) mass is 214 g/mol. The van der Waals surface area contributed by atoms with Crippen LogP contribution in [0.4, 0.5) is 0 Å². The zero-order valence-corrected chi connectivity index (χ0v) is 8.29. The molecule has 76 valence electrons. The lowest BCUT2D eigenvalue weighted by molar-refractivity contribution is 0.313. The lowest BCUT2D eigenvalue weighted by Crippen LogP contribution is -2.53. The van der Waals surface area contributed by atoms with Gasteiger partial charge in [0.25, 0.3) is 0 Å². The van der Waals surface area contributed by atoms with Gasteiger partial charge < -0.3 is 5.32 Å². The van der Waals surface area contributed by atoms with E-state index in [-0.39, 0.29) is 6.54 Å². The molecular weight excluding hydrogens is 204 g/mol. The minimum atomic E-state index is -3.58. The van der Waals surface area contributed by atoms with Crippen LogP contribution in [0.25, 0.3) is 0 Å². The van der Waals surface area contributed by atoms with Gasteiger partial charge in [0.15, 0.2) is 5.75 Å². The van der Waals surface area contributed by atoms with Crippen LogP contribution in [0.2, 0.25) is 0 Å². The van der Waals surface area contributed by atoms with E-state index in [0.29, 0.717) is 13.1 Å². The molecule has 14 heavy (non-hydrogen) atoms. The molecule has 1 rings (SSSR count). The maximum atomic E-state index is 11.5. The largest absolute Gasteiger partial charge is 0.313 e. The molecule has 1 atom stereocenters. The Labute approximate surface area is 82.8 Å². The third kappa shape index (κ3) is 2.20. The molecule has 1 aliphatic heterocycles. The van der Waals surface area contributed by atoms with Crippen molar-refractivity contribution < 1.29 is 8.42 Å². The molecule has 0 bridgehead atoms. The molecule has 0 aromatic carbocycles. The Morgan fingerprint density at radius 1 is 1.50 bits per heavy atom. The van der Waals surface area contributed by atoms with E-state index in [4.69, 9.17) is 10.5 Å². The van der Waals surface area contributed by atoms with Crippen LogP contribution in [0.5, 0.6) is 0 Å². The van der Waals surface area contributed by atoms with Crippen LogP contribution in [0.1, 0.15) is 0 Å². The Morgan fingerprint density at radius 3 is 2.79 bits per heavy atom. The van der Waals surface area contributed by atoms with Crippen LogP contribution in [0.3, 0.4) is 0 Å². The summed E-state index contributed by atoms with van der Waals surface area (Å²) in [5.41, 5.74) is 0. The molecule has 1 saturated heterocycles. The van der Waals surface area contributed by atoms with E-state index in [0.717, 1.165) is 4.31 Å². The van der Waals surface area contributed by atoms with Crippen molar-refractivity contribution >= 4 is 10.0 Å². The predicted molar refractivity (Wildman–Crippen MR) is 48.4 cm³/mol. The van der Waals surface area contributed by atoms with Crippen LogP contribution in [0, 0.1) is 22.7 Å². The second-order valence-electron chi connectivity index (χ2n) is 2.87. The first-order valence-corrected chi connectivity index (χ1v) is 5.69. The first kappa shape index (κ1) is 10.9. The van der Waals surface area contributed by atoms with Crippen molar-refractivity contribution in [3.05, 3.63) is 0 Å². The van der Waals surface area contributed by atoms with E-state index >= 15 is 0 Å². The summed E-state index contributed by atoms with van der Waals surface area (Å²) in [4.78, 5) is 0. The summed E-state index contributed by atoms with van der Waals surface area (Å²) >= 11 is 0. The lowest BCUT2D eigenvalue weighted by atomic mass is 10.3. The molecule has 1 aliphatic rings. The van der Waals surface area contributed by atoms with Crippen LogP contribution in [-0.4, -0.2) is 44.2 Å². The fourth-order valence-corrected chi connectivity index (χ4v) is 2.50. The molecule has 1 N–H and O–H groups in total. The molecule has 1 fully saturated rings. The molecule has 1 unspecified atom stereocenters. The van der Waals surface area contributed by atoms with Gasteiger partial charge in [-0.3, -0.25) is 0 Å². The van der Waals surface area contributed by atoms with E-state index < -0.39 is 21.8 Å². The first-order chi connectivity index (χ1) is 6.61. The molecule has 0 amide bonds. The number of hydrogen-bond acceptors (Lipinski definition) is 5. The van der Waals surface area contributed by atoms with E-state index in [2.05, 4.69) is 5.32 Å². The van der Waals surface area contributed by atoms with Crippen LogP contribution in [-0.2, 0) is 10.0 Å². The third-order valence-electron chi connectivity index (χ3n) is 1.95.